The predicted molar refractivity (Wildman–Crippen MR) is 71.8 cm³/mol. The van der Waals surface area contributed by atoms with Crippen molar-refractivity contribution in [1.29, 1.82) is 0 Å². The van der Waals surface area contributed by atoms with E-state index in [2.05, 4.69) is 24.0 Å². The third kappa shape index (κ3) is 2.34. The molecule has 1 aromatic carbocycles. The van der Waals surface area contributed by atoms with Crippen LogP contribution in [0.5, 0.6) is 0 Å². The minimum absolute atomic E-state index is 0.409. The Bertz CT molecular complexity index is 457. The van der Waals surface area contributed by atoms with Crippen molar-refractivity contribution >= 4 is 11.7 Å². The number of nitrogens with zero attached hydrogens (tertiary/aromatic N) is 1. The number of fused-ring (bicyclic) bond motifs is 1. The Morgan fingerprint density at radius 1 is 1.56 bits per heavy atom. The van der Waals surface area contributed by atoms with Gasteiger partial charge in [-0.25, -0.2) is 0 Å². The minimum atomic E-state index is -1.16. The second kappa shape index (κ2) is 4.61. The lowest BCUT2D eigenvalue weighted by molar-refractivity contribution is -0.142. The first-order chi connectivity index (χ1) is 8.42. The summed E-state index contributed by atoms with van der Waals surface area (Å²) in [4.78, 5) is 13.3. The van der Waals surface area contributed by atoms with Crippen LogP contribution in [0, 0.1) is 0 Å². The SMILES string of the molecule is CC1Cc2ccccc2N1CCC(C)(N)C(=O)O. The van der Waals surface area contributed by atoms with Gasteiger partial charge in [0.1, 0.15) is 5.54 Å². The molecule has 1 aliphatic rings. The van der Waals surface area contributed by atoms with E-state index in [0.29, 0.717) is 19.0 Å². The first-order valence-electron chi connectivity index (χ1n) is 6.28. The number of carboxylic acids is 1. The number of carbonyl (C=O) groups is 1. The Kier molecular flexibility index (Phi) is 3.30. The van der Waals surface area contributed by atoms with Gasteiger partial charge < -0.3 is 15.7 Å². The van der Waals surface area contributed by atoms with Crippen molar-refractivity contribution in [2.45, 2.75) is 38.3 Å². The molecular formula is C14H20N2O2. The molecule has 0 bridgehead atoms. The normalized spacial score (nSPS) is 21.5. The van der Waals surface area contributed by atoms with Gasteiger partial charge in [0.2, 0.25) is 0 Å². The molecule has 0 radical (unpaired) electrons. The molecule has 0 saturated carbocycles. The average molecular weight is 248 g/mol. The van der Waals surface area contributed by atoms with E-state index in [1.165, 1.54) is 11.3 Å². The van der Waals surface area contributed by atoms with E-state index in [1.807, 2.05) is 12.1 Å². The van der Waals surface area contributed by atoms with Crippen LogP contribution < -0.4 is 10.6 Å². The number of para-hydroxylation sites is 1. The van der Waals surface area contributed by atoms with Crippen molar-refractivity contribution in [1.82, 2.24) is 0 Å². The lowest BCUT2D eigenvalue weighted by Gasteiger charge is -2.28. The van der Waals surface area contributed by atoms with Crippen LogP contribution in [0.1, 0.15) is 25.8 Å². The van der Waals surface area contributed by atoms with Crippen LogP contribution in [0.15, 0.2) is 24.3 Å². The maximum Gasteiger partial charge on any atom is 0.323 e. The molecular weight excluding hydrogens is 228 g/mol. The van der Waals surface area contributed by atoms with E-state index < -0.39 is 11.5 Å². The second-order valence-electron chi connectivity index (χ2n) is 5.35. The molecule has 1 aliphatic heterocycles. The molecule has 0 aromatic heterocycles. The molecule has 0 saturated heterocycles. The van der Waals surface area contributed by atoms with Gasteiger partial charge >= 0.3 is 5.97 Å². The molecule has 98 valence electrons. The average Bonchev–Trinajstić information content (AvgIpc) is 2.62. The van der Waals surface area contributed by atoms with Crippen LogP contribution in [0.4, 0.5) is 5.69 Å². The predicted octanol–water partition coefficient (Wildman–Crippen LogP) is 1.63. The summed E-state index contributed by atoms with van der Waals surface area (Å²) in [6, 6.07) is 8.69. The fourth-order valence-electron chi connectivity index (χ4n) is 2.43. The van der Waals surface area contributed by atoms with Crippen molar-refractivity contribution in [2.24, 2.45) is 5.73 Å². The zero-order valence-corrected chi connectivity index (χ0v) is 10.9. The summed E-state index contributed by atoms with van der Waals surface area (Å²) in [7, 11) is 0. The highest BCUT2D eigenvalue weighted by Crippen LogP contribution is 2.32. The second-order valence-corrected chi connectivity index (χ2v) is 5.35. The highest BCUT2D eigenvalue weighted by Gasteiger charge is 2.31. The molecule has 0 fully saturated rings. The number of nitrogens with two attached hydrogens (primary N) is 1. The van der Waals surface area contributed by atoms with Crippen molar-refractivity contribution in [3.63, 3.8) is 0 Å². The summed E-state index contributed by atoms with van der Waals surface area (Å²) in [5, 5.41) is 9.03. The number of hydrogen-bond acceptors (Lipinski definition) is 3. The first kappa shape index (κ1) is 12.9. The molecule has 2 unspecified atom stereocenters. The molecule has 1 heterocycles. The zero-order valence-electron chi connectivity index (χ0n) is 10.9. The molecule has 1 aromatic rings. The summed E-state index contributed by atoms with van der Waals surface area (Å²) in [6.45, 7) is 4.41. The van der Waals surface area contributed by atoms with Crippen LogP contribution >= 0.6 is 0 Å². The number of carboxylic acid groups (broad SMARTS) is 1. The van der Waals surface area contributed by atoms with E-state index in [1.54, 1.807) is 6.92 Å². The maximum atomic E-state index is 11.0. The summed E-state index contributed by atoms with van der Waals surface area (Å²) >= 11 is 0. The van der Waals surface area contributed by atoms with Gasteiger partial charge in [-0.1, -0.05) is 18.2 Å². The van der Waals surface area contributed by atoms with E-state index in [0.717, 1.165) is 6.42 Å². The quantitative estimate of drug-likeness (QED) is 0.850. The molecule has 18 heavy (non-hydrogen) atoms. The molecule has 0 amide bonds. The fraction of sp³-hybridized carbons (Fsp3) is 0.500. The van der Waals surface area contributed by atoms with E-state index in [4.69, 9.17) is 10.8 Å². The van der Waals surface area contributed by atoms with Gasteiger partial charge in [0.25, 0.3) is 0 Å². The summed E-state index contributed by atoms with van der Waals surface area (Å²) in [6.07, 6.45) is 1.46. The lowest BCUT2D eigenvalue weighted by Crippen LogP contribution is -2.48. The van der Waals surface area contributed by atoms with Crippen molar-refractivity contribution in [2.75, 3.05) is 11.4 Å². The van der Waals surface area contributed by atoms with Gasteiger partial charge in [0.15, 0.2) is 0 Å². The first-order valence-corrected chi connectivity index (χ1v) is 6.28. The Balaban J connectivity index is 2.09. The van der Waals surface area contributed by atoms with Gasteiger partial charge in [-0.2, -0.15) is 0 Å². The smallest absolute Gasteiger partial charge is 0.323 e. The number of hydrogen-bond donors (Lipinski definition) is 2. The topological polar surface area (TPSA) is 66.6 Å². The largest absolute Gasteiger partial charge is 0.480 e. The van der Waals surface area contributed by atoms with Gasteiger partial charge in [-0.05, 0) is 38.3 Å². The van der Waals surface area contributed by atoms with Crippen LogP contribution in [0.25, 0.3) is 0 Å². The number of benzene rings is 1. The highest BCUT2D eigenvalue weighted by atomic mass is 16.4. The molecule has 4 nitrogen and oxygen atoms in total. The fourth-order valence-corrected chi connectivity index (χ4v) is 2.43. The summed E-state index contributed by atoms with van der Waals surface area (Å²) in [5.74, 6) is -0.942. The van der Waals surface area contributed by atoms with Gasteiger partial charge in [-0.15, -0.1) is 0 Å². The lowest BCUT2D eigenvalue weighted by atomic mass is 9.99. The third-order valence-electron chi connectivity index (χ3n) is 3.71. The Labute approximate surface area is 107 Å². The van der Waals surface area contributed by atoms with Gasteiger partial charge in [-0.3, -0.25) is 4.79 Å². The van der Waals surface area contributed by atoms with Gasteiger partial charge in [0.05, 0.1) is 0 Å². The molecule has 0 aliphatic carbocycles. The highest BCUT2D eigenvalue weighted by molar-refractivity contribution is 5.78. The molecule has 2 rings (SSSR count). The van der Waals surface area contributed by atoms with Crippen molar-refractivity contribution in [3.8, 4) is 0 Å². The summed E-state index contributed by atoms with van der Waals surface area (Å²) in [5.41, 5.74) is 7.17. The van der Waals surface area contributed by atoms with E-state index >= 15 is 0 Å². The molecule has 4 heteroatoms. The summed E-state index contributed by atoms with van der Waals surface area (Å²) < 4.78 is 0. The zero-order chi connectivity index (χ0) is 13.3. The monoisotopic (exact) mass is 248 g/mol. The third-order valence-corrected chi connectivity index (χ3v) is 3.71. The number of aliphatic carboxylic acids is 1. The number of rotatable bonds is 4. The van der Waals surface area contributed by atoms with E-state index in [9.17, 15) is 4.79 Å². The van der Waals surface area contributed by atoms with Crippen molar-refractivity contribution in [3.05, 3.63) is 29.8 Å². The van der Waals surface area contributed by atoms with Gasteiger partial charge in [0, 0.05) is 18.3 Å². The van der Waals surface area contributed by atoms with Crippen LogP contribution in [-0.2, 0) is 11.2 Å². The Morgan fingerprint density at radius 2 is 2.22 bits per heavy atom. The Hall–Kier alpha value is -1.55. The molecule has 3 N–H and O–H groups in total. The standard InChI is InChI=1S/C14H20N2O2/c1-10-9-11-5-3-4-6-12(11)16(10)8-7-14(2,15)13(17)18/h3-6,10H,7-9,15H2,1-2H3,(H,17,18). The minimum Gasteiger partial charge on any atom is -0.480 e. The molecule has 0 spiro atoms. The van der Waals surface area contributed by atoms with Crippen LogP contribution in [-0.4, -0.2) is 29.2 Å². The van der Waals surface area contributed by atoms with E-state index in [-0.39, 0.29) is 0 Å². The number of anilines is 1. The van der Waals surface area contributed by atoms with Crippen LogP contribution in [0.2, 0.25) is 0 Å². The van der Waals surface area contributed by atoms with Crippen LogP contribution in [0.3, 0.4) is 0 Å². The Morgan fingerprint density at radius 3 is 2.89 bits per heavy atom. The van der Waals surface area contributed by atoms with Crippen molar-refractivity contribution < 1.29 is 9.90 Å². The maximum absolute atomic E-state index is 11.0. The molecule has 2 atom stereocenters.